The molecule has 0 atom stereocenters. The Bertz CT molecular complexity index is 109. The van der Waals surface area contributed by atoms with Gasteiger partial charge in [-0.15, -0.1) is 5.70 Å². The lowest BCUT2D eigenvalue weighted by molar-refractivity contribution is 0.421. The van der Waals surface area contributed by atoms with Crippen molar-refractivity contribution in [3.05, 3.63) is 11.8 Å². The molecule has 2 N–H and O–H groups in total. The Balaban J connectivity index is 3.47. The zero-order chi connectivity index (χ0) is 9.23. The summed E-state index contributed by atoms with van der Waals surface area (Å²) in [5, 5.41) is 6.82. The van der Waals surface area contributed by atoms with E-state index in [9.17, 15) is 0 Å². The van der Waals surface area contributed by atoms with Crippen LogP contribution >= 0.6 is 0 Å². The number of rotatable bonds is 7. The third-order valence-electron chi connectivity index (χ3n) is 1.76. The van der Waals surface area contributed by atoms with Crippen LogP contribution in [0.1, 0.15) is 26.7 Å². The largest absolute Gasteiger partial charge is 0.302 e. The zero-order valence-electron chi connectivity index (χ0n) is 8.56. The highest BCUT2D eigenvalue weighted by Crippen LogP contribution is 1.94. The van der Waals surface area contributed by atoms with E-state index in [0.717, 1.165) is 13.1 Å². The lowest BCUT2D eigenvalue weighted by atomic mass is 10.2. The molecule has 0 spiro atoms. The summed E-state index contributed by atoms with van der Waals surface area (Å²) >= 11 is 0. The molecular formula is C9H22N2Si. The molecule has 72 valence electrons. The minimum Gasteiger partial charge on any atom is -0.302 e. The van der Waals surface area contributed by atoms with Crippen LogP contribution in [0.5, 0.6) is 0 Å². The fourth-order valence-corrected chi connectivity index (χ4v) is 1.53. The van der Waals surface area contributed by atoms with E-state index in [2.05, 4.69) is 36.3 Å². The van der Waals surface area contributed by atoms with Crippen LogP contribution in [0.2, 0.25) is 0 Å². The van der Waals surface area contributed by atoms with E-state index >= 15 is 0 Å². The van der Waals surface area contributed by atoms with E-state index in [1.165, 1.54) is 23.1 Å². The molecular weight excluding hydrogens is 164 g/mol. The summed E-state index contributed by atoms with van der Waals surface area (Å²) in [6.45, 7) is 6.38. The molecule has 0 heterocycles. The summed E-state index contributed by atoms with van der Waals surface area (Å²) in [6.07, 6.45) is 5.15. The Hall–Kier alpha value is -0.123. The highest BCUT2D eigenvalue weighted by atomic mass is 28.1. The van der Waals surface area contributed by atoms with Crippen molar-refractivity contribution in [1.82, 2.24) is 10.6 Å². The molecule has 0 aromatic heterocycles. The fourth-order valence-electron chi connectivity index (χ4n) is 1.20. The Morgan fingerprint density at radius 3 is 2.25 bits per heavy atom. The average molecular weight is 186 g/mol. The van der Waals surface area contributed by atoms with Crippen molar-refractivity contribution in [3.63, 3.8) is 0 Å². The molecule has 0 unspecified atom stereocenters. The summed E-state index contributed by atoms with van der Waals surface area (Å²) in [7, 11) is 1.18. The number of hydrogen-bond acceptors (Lipinski definition) is 2. The molecule has 0 aliphatic heterocycles. The number of nitrogens with one attached hydrogen (secondary N) is 2. The summed E-state index contributed by atoms with van der Waals surface area (Å²) in [6, 6.07) is 0. The van der Waals surface area contributed by atoms with Gasteiger partial charge >= 0.3 is 0 Å². The van der Waals surface area contributed by atoms with Gasteiger partial charge in [-0.1, -0.05) is 19.9 Å². The van der Waals surface area contributed by atoms with Gasteiger partial charge in [0, 0.05) is 10.2 Å². The van der Waals surface area contributed by atoms with Crippen LogP contribution in [0.3, 0.4) is 0 Å². The summed E-state index contributed by atoms with van der Waals surface area (Å²) in [5.74, 6) is 0. The van der Waals surface area contributed by atoms with Crippen LogP contribution in [0, 0.1) is 0 Å². The lowest BCUT2D eigenvalue weighted by Crippen LogP contribution is -2.41. The van der Waals surface area contributed by atoms with E-state index in [0.29, 0.717) is 6.17 Å². The van der Waals surface area contributed by atoms with Gasteiger partial charge in [-0.2, -0.15) is 0 Å². The quantitative estimate of drug-likeness (QED) is 0.438. The fraction of sp³-hybridized carbons (Fsp3) is 0.778. The molecule has 0 radical (unpaired) electrons. The van der Waals surface area contributed by atoms with Crippen LogP contribution in [0.25, 0.3) is 0 Å². The highest BCUT2D eigenvalue weighted by Gasteiger charge is 2.01. The minimum absolute atomic E-state index is 0.498. The maximum Gasteiger partial charge on any atom is 0.0574 e. The predicted octanol–water partition coefficient (Wildman–Crippen LogP) is 0.191. The van der Waals surface area contributed by atoms with Gasteiger partial charge in [0.05, 0.1) is 6.17 Å². The normalized spacial score (nSPS) is 11.9. The molecule has 0 aliphatic rings. The SMILES string of the molecule is CCNC(CCC=C[SiH3])NCC. The van der Waals surface area contributed by atoms with Crippen molar-refractivity contribution in [3.8, 4) is 0 Å². The lowest BCUT2D eigenvalue weighted by Gasteiger charge is -2.17. The number of allylic oxidation sites excluding steroid dienone is 1. The third-order valence-corrected chi connectivity index (χ3v) is 2.23. The van der Waals surface area contributed by atoms with Crippen molar-refractivity contribution in [2.24, 2.45) is 0 Å². The molecule has 0 saturated heterocycles. The van der Waals surface area contributed by atoms with E-state index < -0.39 is 0 Å². The van der Waals surface area contributed by atoms with Crippen LogP contribution in [0.4, 0.5) is 0 Å². The molecule has 12 heavy (non-hydrogen) atoms. The second-order valence-corrected chi connectivity index (χ2v) is 3.48. The molecule has 0 bridgehead atoms. The van der Waals surface area contributed by atoms with E-state index in [4.69, 9.17) is 0 Å². The maximum absolute atomic E-state index is 3.41. The second kappa shape index (κ2) is 8.97. The van der Waals surface area contributed by atoms with Crippen molar-refractivity contribution in [2.45, 2.75) is 32.9 Å². The molecule has 3 heteroatoms. The first-order valence-corrected chi connectivity index (χ1v) is 6.08. The van der Waals surface area contributed by atoms with Crippen LogP contribution in [-0.2, 0) is 0 Å². The first-order valence-electron chi connectivity index (χ1n) is 4.93. The van der Waals surface area contributed by atoms with Gasteiger partial charge in [0.15, 0.2) is 0 Å². The second-order valence-electron chi connectivity index (χ2n) is 2.81. The Labute approximate surface area is 79.2 Å². The van der Waals surface area contributed by atoms with Gasteiger partial charge in [0.25, 0.3) is 0 Å². The van der Waals surface area contributed by atoms with E-state index in [-0.39, 0.29) is 0 Å². The van der Waals surface area contributed by atoms with Crippen molar-refractivity contribution < 1.29 is 0 Å². The third kappa shape index (κ3) is 6.58. The molecule has 0 rings (SSSR count). The van der Waals surface area contributed by atoms with Crippen molar-refractivity contribution in [2.75, 3.05) is 13.1 Å². The van der Waals surface area contributed by atoms with Crippen LogP contribution < -0.4 is 10.6 Å². The van der Waals surface area contributed by atoms with Gasteiger partial charge in [-0.25, -0.2) is 0 Å². The topological polar surface area (TPSA) is 24.1 Å². The monoisotopic (exact) mass is 186 g/mol. The average Bonchev–Trinajstić information content (AvgIpc) is 2.06. The molecule has 0 aromatic carbocycles. The molecule has 0 amide bonds. The van der Waals surface area contributed by atoms with Gasteiger partial charge in [0.1, 0.15) is 0 Å². The number of hydrogen-bond donors (Lipinski definition) is 2. The van der Waals surface area contributed by atoms with Gasteiger partial charge in [-0.05, 0) is 25.9 Å². The Kier molecular flexibility index (Phi) is 8.88. The molecule has 2 nitrogen and oxygen atoms in total. The minimum atomic E-state index is 0.498. The standard InChI is InChI=1S/C9H22N2Si/c1-3-10-9(11-4-2)7-5-6-8-12/h6,8-11H,3-5,7H2,1-2,12H3. The maximum atomic E-state index is 3.41. The van der Waals surface area contributed by atoms with Crippen LogP contribution in [0.15, 0.2) is 11.8 Å². The van der Waals surface area contributed by atoms with E-state index in [1.807, 2.05) is 0 Å². The van der Waals surface area contributed by atoms with Gasteiger partial charge < -0.3 is 10.6 Å². The Morgan fingerprint density at radius 1 is 1.25 bits per heavy atom. The van der Waals surface area contributed by atoms with E-state index in [1.54, 1.807) is 0 Å². The molecule has 0 fully saturated rings. The zero-order valence-corrected chi connectivity index (χ0v) is 10.6. The van der Waals surface area contributed by atoms with Gasteiger partial charge in [-0.3, -0.25) is 0 Å². The Morgan fingerprint density at radius 2 is 1.83 bits per heavy atom. The highest BCUT2D eigenvalue weighted by molar-refractivity contribution is 6.16. The van der Waals surface area contributed by atoms with Crippen molar-refractivity contribution >= 4 is 10.2 Å². The smallest absolute Gasteiger partial charge is 0.0574 e. The molecule has 0 aliphatic carbocycles. The summed E-state index contributed by atoms with van der Waals surface area (Å²) in [5.41, 5.74) is 2.24. The predicted molar refractivity (Wildman–Crippen MR) is 59.5 cm³/mol. The first-order chi connectivity index (χ1) is 5.85. The van der Waals surface area contributed by atoms with Crippen molar-refractivity contribution in [1.29, 1.82) is 0 Å². The molecule has 0 aromatic rings. The summed E-state index contributed by atoms with van der Waals surface area (Å²) in [4.78, 5) is 0. The summed E-state index contributed by atoms with van der Waals surface area (Å²) < 4.78 is 0. The first kappa shape index (κ1) is 11.9. The van der Waals surface area contributed by atoms with Gasteiger partial charge in [0.2, 0.25) is 0 Å². The molecule has 0 saturated carbocycles. The van der Waals surface area contributed by atoms with Crippen LogP contribution in [-0.4, -0.2) is 29.5 Å².